The van der Waals surface area contributed by atoms with Crippen molar-refractivity contribution in [3.63, 3.8) is 0 Å². The van der Waals surface area contributed by atoms with E-state index in [1.807, 2.05) is 20.8 Å². The van der Waals surface area contributed by atoms with Crippen LogP contribution < -0.4 is 27.4 Å². The Kier molecular flexibility index (Phi) is 14.4. The number of carbonyl (C=O) groups is 4. The van der Waals surface area contributed by atoms with Crippen LogP contribution in [0.3, 0.4) is 0 Å². The highest BCUT2D eigenvalue weighted by Gasteiger charge is 2.33. The normalized spacial score (nSPS) is 15.8. The number of nitrogens with one attached hydrogen (secondary N) is 3. The highest BCUT2D eigenvalue weighted by atomic mass is 16.4. The Labute approximate surface area is 225 Å². The SMILES string of the molecule is CCC(C)C(NC(=O)C(CCCCN)NC(=O)C(NC(=O)C(N)Cc1ccc(O)cc1)C(C)CC)C(=O)O. The van der Waals surface area contributed by atoms with E-state index in [-0.39, 0.29) is 30.4 Å². The van der Waals surface area contributed by atoms with E-state index in [1.54, 1.807) is 19.1 Å². The molecule has 0 radical (unpaired) electrons. The van der Waals surface area contributed by atoms with Gasteiger partial charge in [0, 0.05) is 0 Å². The van der Waals surface area contributed by atoms with E-state index in [4.69, 9.17) is 11.5 Å². The first-order valence-corrected chi connectivity index (χ1v) is 13.3. The number of benzene rings is 1. The predicted octanol–water partition coefficient (Wildman–Crippen LogP) is 1.02. The second kappa shape index (κ2) is 16.6. The Balaban J connectivity index is 3.01. The van der Waals surface area contributed by atoms with Crippen LogP contribution in [0.15, 0.2) is 24.3 Å². The molecular weight excluding hydrogens is 490 g/mol. The van der Waals surface area contributed by atoms with Gasteiger partial charge in [-0.15, -0.1) is 0 Å². The number of rotatable bonds is 17. The summed E-state index contributed by atoms with van der Waals surface area (Å²) in [6.07, 6.45) is 2.78. The molecule has 0 fully saturated rings. The molecular formula is C27H45N5O6. The zero-order valence-electron chi connectivity index (χ0n) is 22.9. The molecule has 1 aromatic rings. The van der Waals surface area contributed by atoms with Crippen LogP contribution in [0, 0.1) is 11.8 Å². The number of carboxylic acids is 1. The zero-order chi connectivity index (χ0) is 28.8. The number of carbonyl (C=O) groups excluding carboxylic acids is 3. The Hall–Kier alpha value is -3.18. The van der Waals surface area contributed by atoms with E-state index in [0.717, 1.165) is 5.56 Å². The lowest BCUT2D eigenvalue weighted by Gasteiger charge is -2.28. The molecule has 1 aromatic carbocycles. The van der Waals surface area contributed by atoms with Gasteiger partial charge in [-0.3, -0.25) is 14.4 Å². The quantitative estimate of drug-likeness (QED) is 0.143. The van der Waals surface area contributed by atoms with E-state index < -0.39 is 47.9 Å². The molecule has 214 valence electrons. The van der Waals surface area contributed by atoms with Gasteiger partial charge in [-0.05, 0) is 61.8 Å². The number of phenols is 1. The number of amides is 3. The Morgan fingerprint density at radius 1 is 0.842 bits per heavy atom. The van der Waals surface area contributed by atoms with Crippen LogP contribution >= 0.6 is 0 Å². The third kappa shape index (κ3) is 10.7. The second-order valence-corrected chi connectivity index (χ2v) is 9.90. The second-order valence-electron chi connectivity index (χ2n) is 9.90. The minimum atomic E-state index is -1.15. The van der Waals surface area contributed by atoms with Gasteiger partial charge in [0.15, 0.2) is 0 Å². The summed E-state index contributed by atoms with van der Waals surface area (Å²) in [6.45, 7) is 7.67. The van der Waals surface area contributed by atoms with E-state index in [0.29, 0.717) is 32.2 Å². The van der Waals surface area contributed by atoms with Crippen molar-refractivity contribution in [1.29, 1.82) is 0 Å². The molecule has 0 saturated carbocycles. The van der Waals surface area contributed by atoms with Gasteiger partial charge in [-0.25, -0.2) is 4.79 Å². The van der Waals surface area contributed by atoms with Crippen molar-refractivity contribution in [3.05, 3.63) is 29.8 Å². The van der Waals surface area contributed by atoms with Crippen molar-refractivity contribution in [3.8, 4) is 5.75 Å². The number of hydrogen-bond acceptors (Lipinski definition) is 7. The van der Waals surface area contributed by atoms with Gasteiger partial charge in [0.2, 0.25) is 17.7 Å². The molecule has 0 aliphatic carbocycles. The van der Waals surface area contributed by atoms with Gasteiger partial charge < -0.3 is 37.6 Å². The molecule has 0 bridgehead atoms. The first-order valence-electron chi connectivity index (χ1n) is 13.3. The number of hydrogen-bond donors (Lipinski definition) is 7. The van der Waals surface area contributed by atoms with Gasteiger partial charge in [0.25, 0.3) is 0 Å². The summed E-state index contributed by atoms with van der Waals surface area (Å²) >= 11 is 0. The lowest BCUT2D eigenvalue weighted by Crippen LogP contribution is -2.59. The molecule has 0 heterocycles. The predicted molar refractivity (Wildman–Crippen MR) is 145 cm³/mol. The molecule has 9 N–H and O–H groups in total. The van der Waals surface area contributed by atoms with Crippen molar-refractivity contribution in [2.24, 2.45) is 23.3 Å². The summed E-state index contributed by atoms with van der Waals surface area (Å²) in [6, 6.07) is 2.36. The van der Waals surface area contributed by atoms with Crippen LogP contribution in [0.4, 0.5) is 0 Å². The number of carboxylic acid groups (broad SMARTS) is 1. The van der Waals surface area contributed by atoms with Gasteiger partial charge >= 0.3 is 5.97 Å². The largest absolute Gasteiger partial charge is 0.508 e. The van der Waals surface area contributed by atoms with Crippen LogP contribution in [0.1, 0.15) is 65.4 Å². The van der Waals surface area contributed by atoms with Crippen molar-refractivity contribution >= 4 is 23.7 Å². The lowest BCUT2D eigenvalue weighted by atomic mass is 9.96. The first kappa shape index (κ1) is 32.8. The van der Waals surface area contributed by atoms with Crippen molar-refractivity contribution < 1.29 is 29.4 Å². The highest BCUT2D eigenvalue weighted by molar-refractivity contribution is 5.94. The third-order valence-corrected chi connectivity index (χ3v) is 6.88. The summed E-state index contributed by atoms with van der Waals surface area (Å²) in [4.78, 5) is 51.0. The first-order chi connectivity index (χ1) is 17.9. The number of unbranched alkanes of at least 4 members (excludes halogenated alkanes) is 1. The molecule has 38 heavy (non-hydrogen) atoms. The maximum Gasteiger partial charge on any atom is 0.326 e. The lowest BCUT2D eigenvalue weighted by molar-refractivity contribution is -0.144. The van der Waals surface area contributed by atoms with Crippen LogP contribution in [0.5, 0.6) is 5.75 Å². The molecule has 0 saturated heterocycles. The fourth-order valence-corrected chi connectivity index (χ4v) is 3.90. The van der Waals surface area contributed by atoms with E-state index in [1.165, 1.54) is 12.1 Å². The summed E-state index contributed by atoms with van der Waals surface area (Å²) in [5.41, 5.74) is 12.4. The van der Waals surface area contributed by atoms with Crippen LogP contribution in [0.2, 0.25) is 0 Å². The van der Waals surface area contributed by atoms with Crippen molar-refractivity contribution in [2.45, 2.75) is 90.4 Å². The minimum absolute atomic E-state index is 0.101. The highest BCUT2D eigenvalue weighted by Crippen LogP contribution is 2.14. The number of nitrogens with two attached hydrogens (primary N) is 2. The summed E-state index contributed by atoms with van der Waals surface area (Å²) in [7, 11) is 0. The van der Waals surface area contributed by atoms with E-state index in [2.05, 4.69) is 16.0 Å². The van der Waals surface area contributed by atoms with Crippen molar-refractivity contribution in [2.75, 3.05) is 6.54 Å². The molecule has 0 aromatic heterocycles. The number of phenolic OH excluding ortho intramolecular Hbond substituents is 1. The average Bonchev–Trinajstić information content (AvgIpc) is 2.89. The molecule has 11 nitrogen and oxygen atoms in total. The summed E-state index contributed by atoms with van der Waals surface area (Å²) in [5, 5.41) is 27.0. The summed E-state index contributed by atoms with van der Waals surface area (Å²) in [5.74, 6) is -3.28. The Bertz CT molecular complexity index is 910. The minimum Gasteiger partial charge on any atom is -0.508 e. The fraction of sp³-hybridized carbons (Fsp3) is 0.630. The topological polar surface area (TPSA) is 197 Å². The monoisotopic (exact) mass is 535 g/mol. The molecule has 11 heteroatoms. The standard InChI is InChI=1S/C27H45N5O6/c1-5-16(3)22(31-24(34)20(29)15-18-10-12-19(33)13-11-18)26(36)30-21(9-7-8-14-28)25(35)32-23(27(37)38)17(4)6-2/h10-13,16-17,20-23,33H,5-9,14-15,28-29H2,1-4H3,(H,30,36)(H,31,34)(H,32,35)(H,37,38). The molecule has 3 amide bonds. The van der Waals surface area contributed by atoms with Crippen molar-refractivity contribution in [1.82, 2.24) is 16.0 Å². The molecule has 0 aliphatic heterocycles. The van der Waals surface area contributed by atoms with Gasteiger partial charge in [-0.2, -0.15) is 0 Å². The van der Waals surface area contributed by atoms with Crippen LogP contribution in [0.25, 0.3) is 0 Å². The van der Waals surface area contributed by atoms with Crippen LogP contribution in [-0.2, 0) is 25.6 Å². The summed E-state index contributed by atoms with van der Waals surface area (Å²) < 4.78 is 0. The molecule has 0 spiro atoms. The fourth-order valence-electron chi connectivity index (χ4n) is 3.90. The number of aromatic hydroxyl groups is 1. The molecule has 0 aliphatic rings. The van der Waals surface area contributed by atoms with Gasteiger partial charge in [0.1, 0.15) is 23.9 Å². The number of aliphatic carboxylic acids is 1. The van der Waals surface area contributed by atoms with Gasteiger partial charge in [0.05, 0.1) is 6.04 Å². The van der Waals surface area contributed by atoms with E-state index >= 15 is 0 Å². The van der Waals surface area contributed by atoms with E-state index in [9.17, 15) is 29.4 Å². The Morgan fingerprint density at radius 3 is 1.92 bits per heavy atom. The average molecular weight is 536 g/mol. The molecule has 6 atom stereocenters. The zero-order valence-corrected chi connectivity index (χ0v) is 22.9. The maximum atomic E-state index is 13.3. The molecule has 6 unspecified atom stereocenters. The smallest absolute Gasteiger partial charge is 0.326 e. The van der Waals surface area contributed by atoms with Crippen LogP contribution in [-0.4, -0.2) is 64.6 Å². The van der Waals surface area contributed by atoms with Gasteiger partial charge in [-0.1, -0.05) is 52.7 Å². The maximum absolute atomic E-state index is 13.3. The molecule has 1 rings (SSSR count). The third-order valence-electron chi connectivity index (χ3n) is 6.88. The Morgan fingerprint density at radius 2 is 1.39 bits per heavy atom.